The van der Waals surface area contributed by atoms with Crippen LogP contribution in [0.3, 0.4) is 0 Å². The van der Waals surface area contributed by atoms with Crippen LogP contribution < -0.4 is 0 Å². The van der Waals surface area contributed by atoms with Gasteiger partial charge in [-0.3, -0.25) is 4.79 Å². The number of esters is 1. The fraction of sp³-hybridized carbons (Fsp3) is 0.718. The van der Waals surface area contributed by atoms with E-state index >= 15 is 0 Å². The third-order valence-electron chi connectivity index (χ3n) is 7.33. The quantitative estimate of drug-likeness (QED) is 0.0474. The Bertz CT molecular complexity index is 719. The van der Waals surface area contributed by atoms with Crippen molar-refractivity contribution in [1.82, 2.24) is 0 Å². The zero-order valence-electron chi connectivity index (χ0n) is 28.2. The van der Waals surface area contributed by atoms with Gasteiger partial charge >= 0.3 is 5.97 Å². The zero-order valence-corrected chi connectivity index (χ0v) is 28.2. The van der Waals surface area contributed by atoms with Crippen molar-refractivity contribution >= 4 is 5.97 Å². The van der Waals surface area contributed by atoms with Gasteiger partial charge in [-0.25, -0.2) is 0 Å². The normalized spacial score (nSPS) is 13.1. The van der Waals surface area contributed by atoms with E-state index in [9.17, 15) is 9.90 Å². The maximum atomic E-state index is 12.1. The third kappa shape index (κ3) is 34.4. The largest absolute Gasteiger partial charge is 0.457 e. The van der Waals surface area contributed by atoms with E-state index < -0.39 is 6.10 Å². The first-order chi connectivity index (χ1) is 21.2. The Morgan fingerprint density at radius 2 is 1.05 bits per heavy atom. The predicted molar refractivity (Wildman–Crippen MR) is 186 cm³/mol. The minimum atomic E-state index is -0.565. The van der Waals surface area contributed by atoms with Crippen LogP contribution in [0.1, 0.15) is 155 Å². The summed E-state index contributed by atoms with van der Waals surface area (Å²) in [7, 11) is 0. The minimum absolute atomic E-state index is 0.198. The number of hydrogen-bond donors (Lipinski definition) is 1. The SMILES string of the molecule is CC/C=C\C/C=C\C/C=C\C/C=C\CCCOCC(CO)OC(=O)CCCCCCCCC/C=C\CCCCCCCC. The van der Waals surface area contributed by atoms with Gasteiger partial charge in [0, 0.05) is 13.0 Å². The van der Waals surface area contributed by atoms with Crippen LogP contribution in [0.5, 0.6) is 0 Å². The Kier molecular flexibility index (Phi) is 34.7. The molecule has 0 rings (SSSR count). The number of aliphatic hydroxyl groups is 1. The molecule has 4 heteroatoms. The number of rotatable bonds is 32. The number of carbonyl (C=O) groups is 1. The average molecular weight is 601 g/mol. The standard InChI is InChI=1S/C39H68O4/c1-3-5-7-9-11-13-15-17-19-20-21-22-24-26-28-30-32-34-39(41)43-38(36-40)37-42-35-33-31-29-27-25-23-18-16-14-12-10-8-6-4-2/h6,8,12,14,17-19,23,27,29,38,40H,3-5,7,9-11,13,15-16,20-22,24-26,28,30-37H2,1-2H3/b8-6-,14-12-,19-17-,23-18-,29-27-. The summed E-state index contributed by atoms with van der Waals surface area (Å²) in [6, 6.07) is 0. The molecule has 0 aliphatic rings. The van der Waals surface area contributed by atoms with Gasteiger partial charge in [0.05, 0.1) is 13.2 Å². The molecule has 0 aliphatic heterocycles. The molecule has 43 heavy (non-hydrogen) atoms. The van der Waals surface area contributed by atoms with Crippen molar-refractivity contribution in [2.24, 2.45) is 0 Å². The molecule has 0 fully saturated rings. The monoisotopic (exact) mass is 601 g/mol. The molecule has 248 valence electrons. The van der Waals surface area contributed by atoms with Crippen LogP contribution in [0.15, 0.2) is 60.8 Å². The summed E-state index contributed by atoms with van der Waals surface area (Å²) in [6.07, 6.45) is 47.0. The number of ether oxygens (including phenoxy) is 2. The maximum absolute atomic E-state index is 12.1. The first-order valence-electron chi connectivity index (χ1n) is 17.9. The molecule has 0 spiro atoms. The molecule has 1 unspecified atom stereocenters. The minimum Gasteiger partial charge on any atom is -0.457 e. The first kappa shape index (κ1) is 41.1. The Labute approximate surface area is 266 Å². The van der Waals surface area contributed by atoms with Crippen molar-refractivity contribution in [2.45, 2.75) is 161 Å². The van der Waals surface area contributed by atoms with Crippen molar-refractivity contribution in [3.8, 4) is 0 Å². The Morgan fingerprint density at radius 1 is 0.581 bits per heavy atom. The highest BCUT2D eigenvalue weighted by Crippen LogP contribution is 2.12. The molecule has 4 nitrogen and oxygen atoms in total. The summed E-state index contributed by atoms with van der Waals surface area (Å²) in [5.74, 6) is -0.227. The second-order valence-electron chi connectivity index (χ2n) is 11.6. The summed E-state index contributed by atoms with van der Waals surface area (Å²) < 4.78 is 11.0. The molecule has 1 N–H and O–H groups in total. The molecular formula is C39H68O4. The molecule has 0 amide bonds. The topological polar surface area (TPSA) is 55.8 Å². The Morgan fingerprint density at radius 3 is 1.60 bits per heavy atom. The fourth-order valence-corrected chi connectivity index (χ4v) is 4.68. The molecule has 0 aromatic heterocycles. The van der Waals surface area contributed by atoms with Gasteiger partial charge in [0.15, 0.2) is 0 Å². The van der Waals surface area contributed by atoms with Gasteiger partial charge in [-0.05, 0) is 70.6 Å². The molecule has 0 aromatic rings. The van der Waals surface area contributed by atoms with Gasteiger partial charge in [-0.15, -0.1) is 0 Å². The highest BCUT2D eigenvalue weighted by Gasteiger charge is 2.13. The lowest BCUT2D eigenvalue weighted by Crippen LogP contribution is -2.27. The van der Waals surface area contributed by atoms with Gasteiger partial charge in [0.1, 0.15) is 6.10 Å². The van der Waals surface area contributed by atoms with E-state index in [-0.39, 0.29) is 19.2 Å². The average Bonchev–Trinajstić information content (AvgIpc) is 3.01. The van der Waals surface area contributed by atoms with Crippen LogP contribution in [0, 0.1) is 0 Å². The van der Waals surface area contributed by atoms with Crippen molar-refractivity contribution in [3.05, 3.63) is 60.8 Å². The second kappa shape index (κ2) is 36.3. The van der Waals surface area contributed by atoms with Gasteiger partial charge in [0.25, 0.3) is 0 Å². The summed E-state index contributed by atoms with van der Waals surface area (Å²) >= 11 is 0. The summed E-state index contributed by atoms with van der Waals surface area (Å²) in [4.78, 5) is 12.1. The van der Waals surface area contributed by atoms with Crippen LogP contribution in [-0.2, 0) is 14.3 Å². The fourth-order valence-electron chi connectivity index (χ4n) is 4.68. The van der Waals surface area contributed by atoms with E-state index in [1.807, 2.05) is 0 Å². The van der Waals surface area contributed by atoms with Gasteiger partial charge < -0.3 is 14.6 Å². The highest BCUT2D eigenvalue weighted by molar-refractivity contribution is 5.69. The smallest absolute Gasteiger partial charge is 0.306 e. The van der Waals surface area contributed by atoms with E-state index in [1.54, 1.807) is 0 Å². The van der Waals surface area contributed by atoms with Crippen LogP contribution >= 0.6 is 0 Å². The van der Waals surface area contributed by atoms with Gasteiger partial charge in [0.2, 0.25) is 0 Å². The van der Waals surface area contributed by atoms with E-state index in [4.69, 9.17) is 9.47 Å². The van der Waals surface area contributed by atoms with E-state index in [0.29, 0.717) is 13.0 Å². The molecule has 0 aliphatic carbocycles. The van der Waals surface area contributed by atoms with Crippen LogP contribution in [-0.4, -0.2) is 37.0 Å². The zero-order chi connectivity index (χ0) is 31.3. The number of carbonyl (C=O) groups excluding carboxylic acids is 1. The summed E-state index contributed by atoms with van der Waals surface area (Å²) in [5.41, 5.74) is 0. The van der Waals surface area contributed by atoms with Crippen molar-refractivity contribution in [1.29, 1.82) is 0 Å². The van der Waals surface area contributed by atoms with Crippen LogP contribution in [0.4, 0.5) is 0 Å². The van der Waals surface area contributed by atoms with Gasteiger partial charge in [-0.1, -0.05) is 139 Å². The lowest BCUT2D eigenvalue weighted by atomic mass is 10.1. The maximum Gasteiger partial charge on any atom is 0.306 e. The third-order valence-corrected chi connectivity index (χ3v) is 7.33. The van der Waals surface area contributed by atoms with E-state index in [1.165, 1.54) is 83.5 Å². The van der Waals surface area contributed by atoms with E-state index in [2.05, 4.69) is 74.6 Å². The molecule has 0 heterocycles. The van der Waals surface area contributed by atoms with Crippen LogP contribution in [0.2, 0.25) is 0 Å². The number of hydrogen-bond acceptors (Lipinski definition) is 4. The molecule has 0 saturated heterocycles. The van der Waals surface area contributed by atoms with Crippen LogP contribution in [0.25, 0.3) is 0 Å². The Balaban J connectivity index is 3.55. The molecule has 0 aromatic carbocycles. The molecule has 0 bridgehead atoms. The molecule has 0 radical (unpaired) electrons. The lowest BCUT2D eigenvalue weighted by Gasteiger charge is -2.15. The molecular weight excluding hydrogens is 532 g/mol. The number of unbranched alkanes of at least 4 members (excludes halogenated alkanes) is 14. The summed E-state index contributed by atoms with van der Waals surface area (Å²) in [6.45, 7) is 5.08. The van der Waals surface area contributed by atoms with Crippen molar-refractivity contribution in [3.63, 3.8) is 0 Å². The van der Waals surface area contributed by atoms with Gasteiger partial charge in [-0.2, -0.15) is 0 Å². The summed E-state index contributed by atoms with van der Waals surface area (Å²) in [5, 5.41) is 9.53. The molecule has 1 atom stereocenters. The van der Waals surface area contributed by atoms with Crippen molar-refractivity contribution < 1.29 is 19.4 Å². The predicted octanol–water partition coefficient (Wildman–Crippen LogP) is 11.3. The van der Waals surface area contributed by atoms with Crippen molar-refractivity contribution in [2.75, 3.05) is 19.8 Å². The lowest BCUT2D eigenvalue weighted by molar-refractivity contribution is -0.154. The first-order valence-corrected chi connectivity index (χ1v) is 17.9. The highest BCUT2D eigenvalue weighted by atomic mass is 16.6. The number of aliphatic hydroxyl groups excluding tert-OH is 1. The number of allylic oxidation sites excluding steroid dienone is 10. The Hall–Kier alpha value is -1.91. The second-order valence-corrected chi connectivity index (χ2v) is 11.6. The molecule has 0 saturated carbocycles. The van der Waals surface area contributed by atoms with E-state index in [0.717, 1.165) is 51.4 Å².